The molecule has 10 nitrogen and oxygen atoms in total. The molecule has 3 fully saturated rings. The van der Waals surface area contributed by atoms with Crippen LogP contribution in [0, 0.1) is 11.8 Å². The molecule has 3 amide bonds. The third-order valence-electron chi connectivity index (χ3n) is 10.9. The molecule has 274 valence electrons. The average molecular weight is 773 g/mol. The summed E-state index contributed by atoms with van der Waals surface area (Å²) in [6.45, 7) is 9.55. The number of allylic oxidation sites excluding steroid dienone is 1. The second-order valence-electron chi connectivity index (χ2n) is 13.9. The lowest BCUT2D eigenvalue weighted by Crippen LogP contribution is -2.57. The van der Waals surface area contributed by atoms with Crippen LogP contribution in [0.3, 0.4) is 0 Å². The normalized spacial score (nSPS) is 25.7. The van der Waals surface area contributed by atoms with Gasteiger partial charge in [0.25, 0.3) is 5.91 Å². The molecule has 3 aromatic rings. The van der Waals surface area contributed by atoms with Gasteiger partial charge in [0.05, 0.1) is 24.0 Å². The molecule has 0 aromatic heterocycles. The Kier molecular flexibility index (Phi) is 11.3. The highest BCUT2D eigenvalue weighted by Gasteiger charge is 2.77. The van der Waals surface area contributed by atoms with Crippen LogP contribution in [0.15, 0.2) is 98.1 Å². The van der Waals surface area contributed by atoms with E-state index >= 15 is 0 Å². The second-order valence-corrected chi connectivity index (χ2v) is 15.1. The van der Waals surface area contributed by atoms with Crippen molar-refractivity contribution in [3.63, 3.8) is 0 Å². The van der Waals surface area contributed by atoms with Crippen molar-refractivity contribution in [1.29, 1.82) is 0 Å². The highest BCUT2D eigenvalue weighted by Crippen LogP contribution is 2.60. The summed E-state index contributed by atoms with van der Waals surface area (Å²) < 4.78 is 13.1. The summed E-state index contributed by atoms with van der Waals surface area (Å²) in [4.78, 5) is 61.4. The van der Waals surface area contributed by atoms with Crippen LogP contribution in [0.4, 0.5) is 5.69 Å². The van der Waals surface area contributed by atoms with E-state index in [0.717, 1.165) is 10.8 Å². The number of nitrogens with zero attached hydrogens (tertiary/aromatic N) is 3. The quantitative estimate of drug-likeness (QED) is 0.122. The van der Waals surface area contributed by atoms with Crippen LogP contribution in [0.1, 0.15) is 44.3 Å². The molecule has 0 saturated carbocycles. The molecule has 3 aromatic carbocycles. The van der Waals surface area contributed by atoms with Crippen LogP contribution in [0.25, 0.3) is 10.8 Å². The Hall–Kier alpha value is -4.32. The fourth-order valence-electron chi connectivity index (χ4n) is 8.23. The number of carbonyl (C=O) groups excluding carboxylic acids is 4. The van der Waals surface area contributed by atoms with Crippen LogP contribution < -0.4 is 4.90 Å². The van der Waals surface area contributed by atoms with E-state index in [4.69, 9.17) is 9.47 Å². The number of anilines is 1. The fraction of sp³-hybridized carbons (Fsp3) is 0.415. The molecule has 11 heteroatoms. The Balaban J connectivity index is 1.35. The van der Waals surface area contributed by atoms with Crippen LogP contribution in [-0.2, 0) is 28.7 Å². The van der Waals surface area contributed by atoms with Gasteiger partial charge in [0.15, 0.2) is 0 Å². The van der Waals surface area contributed by atoms with Crippen molar-refractivity contribution in [2.45, 2.75) is 67.3 Å². The number of ether oxygens (including phenoxy) is 2. The first-order chi connectivity index (χ1) is 25.1. The molecular formula is C41H46BrN3O7. The Bertz CT molecular complexity index is 1840. The van der Waals surface area contributed by atoms with Gasteiger partial charge in [0.1, 0.15) is 17.7 Å². The minimum atomic E-state index is -1.33. The lowest BCUT2D eigenvalue weighted by atomic mass is 9.70. The van der Waals surface area contributed by atoms with Crippen molar-refractivity contribution < 1.29 is 33.8 Å². The van der Waals surface area contributed by atoms with Crippen LogP contribution in [0.5, 0.6) is 0 Å². The third-order valence-corrected chi connectivity index (χ3v) is 11.7. The molecule has 1 unspecified atom stereocenters. The van der Waals surface area contributed by atoms with E-state index in [1.807, 2.05) is 79.7 Å². The third kappa shape index (κ3) is 6.70. The number of esters is 1. The van der Waals surface area contributed by atoms with Crippen molar-refractivity contribution in [1.82, 2.24) is 9.80 Å². The lowest BCUT2D eigenvalue weighted by molar-refractivity contribution is -0.164. The number of amides is 3. The van der Waals surface area contributed by atoms with E-state index in [2.05, 4.69) is 29.1 Å². The van der Waals surface area contributed by atoms with Gasteiger partial charge in [-0.1, -0.05) is 88.7 Å². The SMILES string of the molecule is C=CCCC(=O)N(C)[C@H](C)[C@H](OC(=O)[C@@H]1[C@H]2O[C@@]3(CC2Br)[C@H](C(=O)N(CC=C)c2ccc4ccccc4c2)N(CCCO)C(=O)[C@@H]13)c1ccccc1. The predicted molar refractivity (Wildman–Crippen MR) is 203 cm³/mol. The number of carbonyl (C=O) groups is 4. The summed E-state index contributed by atoms with van der Waals surface area (Å²) >= 11 is 3.75. The maximum Gasteiger partial charge on any atom is 0.313 e. The maximum atomic E-state index is 14.9. The van der Waals surface area contributed by atoms with Crippen molar-refractivity contribution >= 4 is 56.1 Å². The van der Waals surface area contributed by atoms with E-state index in [0.29, 0.717) is 24.1 Å². The number of rotatable bonds is 15. The van der Waals surface area contributed by atoms with E-state index in [1.165, 1.54) is 4.90 Å². The number of hydrogen-bond acceptors (Lipinski definition) is 7. The first-order valence-corrected chi connectivity index (χ1v) is 18.8. The van der Waals surface area contributed by atoms with E-state index in [1.54, 1.807) is 29.0 Å². The Morgan fingerprint density at radius 3 is 2.48 bits per heavy atom. The molecule has 1 spiro atoms. The zero-order valence-corrected chi connectivity index (χ0v) is 31.2. The molecule has 3 saturated heterocycles. The summed E-state index contributed by atoms with van der Waals surface area (Å²) in [5.74, 6) is -3.49. The van der Waals surface area contributed by atoms with Gasteiger partial charge in [-0.05, 0) is 54.7 Å². The molecule has 0 radical (unpaired) electrons. The number of hydrogen-bond donors (Lipinski definition) is 1. The number of likely N-dealkylation sites (N-methyl/N-ethyl adjacent to an activating group) is 1. The standard InChI is InChI=1S/C41H46BrN3O7/c1-5-7-18-32(47)43(4)26(3)35(28-15-9-8-10-16-28)51-40(50)33-34-38(48)45(22-13-23-46)37(41(34)25-31(42)36(33)52-41)39(49)44(21-6-2)30-20-19-27-14-11-12-17-29(27)24-30/h5-6,8-12,14-17,19-20,24,26,31,33-37,46H,1-2,7,13,18,21-23,25H2,3-4H3/t26-,31?,33+,34-,35+,36+,37+,41-/m1/s1. The Morgan fingerprint density at radius 2 is 1.79 bits per heavy atom. The summed E-state index contributed by atoms with van der Waals surface area (Å²) in [5.41, 5.74) is 0.0170. The number of benzene rings is 3. The van der Waals surface area contributed by atoms with Crippen molar-refractivity contribution in [2.75, 3.05) is 31.6 Å². The molecule has 3 aliphatic heterocycles. The molecule has 6 rings (SSSR count). The van der Waals surface area contributed by atoms with Crippen LogP contribution in [-0.4, -0.2) is 94.0 Å². The van der Waals surface area contributed by atoms with Gasteiger partial charge < -0.3 is 29.3 Å². The smallest absolute Gasteiger partial charge is 0.313 e. The Morgan fingerprint density at radius 1 is 1.08 bits per heavy atom. The van der Waals surface area contributed by atoms with Crippen LogP contribution >= 0.6 is 15.9 Å². The number of fused-ring (bicyclic) bond motifs is 2. The summed E-state index contributed by atoms with van der Waals surface area (Å²) in [6.07, 6.45) is 3.10. The van der Waals surface area contributed by atoms with E-state index in [-0.39, 0.29) is 55.1 Å². The van der Waals surface area contributed by atoms with Crippen molar-refractivity contribution in [3.8, 4) is 0 Å². The molecular weight excluding hydrogens is 726 g/mol. The van der Waals surface area contributed by atoms with Crippen molar-refractivity contribution in [3.05, 3.63) is 104 Å². The zero-order valence-electron chi connectivity index (χ0n) is 29.6. The van der Waals surface area contributed by atoms with Gasteiger partial charge >= 0.3 is 5.97 Å². The van der Waals surface area contributed by atoms with Gasteiger partial charge in [-0.3, -0.25) is 19.2 Å². The Labute approximate surface area is 313 Å². The summed E-state index contributed by atoms with van der Waals surface area (Å²) in [5, 5.41) is 11.8. The van der Waals surface area contributed by atoms with Gasteiger partial charge in [0, 0.05) is 43.7 Å². The highest BCUT2D eigenvalue weighted by molar-refractivity contribution is 9.09. The number of alkyl halides is 1. The average Bonchev–Trinajstić information content (AvgIpc) is 3.76. The summed E-state index contributed by atoms with van der Waals surface area (Å²) in [7, 11) is 1.68. The van der Waals surface area contributed by atoms with Gasteiger partial charge in [-0.2, -0.15) is 0 Å². The maximum absolute atomic E-state index is 14.9. The van der Waals surface area contributed by atoms with E-state index < -0.39 is 47.7 Å². The number of likely N-dealkylation sites (tertiary alicyclic amines) is 1. The van der Waals surface area contributed by atoms with Gasteiger partial charge in [0.2, 0.25) is 11.8 Å². The highest BCUT2D eigenvalue weighted by atomic mass is 79.9. The number of aliphatic hydroxyl groups is 1. The molecule has 8 atom stereocenters. The second kappa shape index (κ2) is 15.7. The fourth-order valence-corrected chi connectivity index (χ4v) is 9.17. The van der Waals surface area contributed by atoms with Crippen molar-refractivity contribution in [2.24, 2.45) is 11.8 Å². The molecule has 2 bridgehead atoms. The minimum absolute atomic E-state index is 0.105. The molecule has 3 aliphatic rings. The minimum Gasteiger partial charge on any atom is -0.455 e. The lowest BCUT2D eigenvalue weighted by Gasteiger charge is -2.37. The summed E-state index contributed by atoms with van der Waals surface area (Å²) in [6, 6.07) is 21.2. The monoisotopic (exact) mass is 771 g/mol. The topological polar surface area (TPSA) is 117 Å². The molecule has 1 N–H and O–H groups in total. The predicted octanol–water partition coefficient (Wildman–Crippen LogP) is 5.59. The molecule has 3 heterocycles. The largest absolute Gasteiger partial charge is 0.455 e. The first kappa shape index (κ1) is 37.4. The van der Waals surface area contributed by atoms with Crippen LogP contribution in [0.2, 0.25) is 0 Å². The first-order valence-electron chi connectivity index (χ1n) is 17.8. The molecule has 52 heavy (non-hydrogen) atoms. The van der Waals surface area contributed by atoms with Gasteiger partial charge in [-0.25, -0.2) is 0 Å². The van der Waals surface area contributed by atoms with Gasteiger partial charge in [-0.15, -0.1) is 13.2 Å². The van der Waals surface area contributed by atoms with E-state index in [9.17, 15) is 24.3 Å². The zero-order chi connectivity index (χ0) is 37.2. The number of halogens is 1. The molecule has 0 aliphatic carbocycles. The number of aliphatic hydroxyl groups excluding tert-OH is 1.